The molecule has 0 aliphatic heterocycles. The maximum atomic E-state index is 11.7. The van der Waals surface area contributed by atoms with Crippen molar-refractivity contribution in [3.8, 4) is 0 Å². The van der Waals surface area contributed by atoms with E-state index in [1.165, 1.54) is 19.1 Å². The van der Waals surface area contributed by atoms with Gasteiger partial charge in [0.05, 0.1) is 6.26 Å². The van der Waals surface area contributed by atoms with Crippen molar-refractivity contribution >= 4 is 11.8 Å². The van der Waals surface area contributed by atoms with Crippen molar-refractivity contribution in [2.75, 3.05) is 6.54 Å². The Morgan fingerprint density at radius 3 is 2.76 bits per heavy atom. The van der Waals surface area contributed by atoms with E-state index in [-0.39, 0.29) is 17.9 Å². The van der Waals surface area contributed by atoms with Crippen molar-refractivity contribution in [3.05, 3.63) is 24.2 Å². The molecule has 0 saturated heterocycles. The van der Waals surface area contributed by atoms with Crippen LogP contribution in [0.15, 0.2) is 22.8 Å². The fraction of sp³-hybridized carbons (Fsp3) is 0.625. The zero-order valence-electron chi connectivity index (χ0n) is 13.0. The second kappa shape index (κ2) is 10.0. The molecule has 1 rings (SSSR count). The fourth-order valence-corrected chi connectivity index (χ4v) is 2.07. The SMILES string of the molecule is CCCCCC(C)NC(=O)CCCNC(=O)c1ccco1. The lowest BCUT2D eigenvalue weighted by Gasteiger charge is -2.13. The lowest BCUT2D eigenvalue weighted by atomic mass is 10.1. The average Bonchev–Trinajstić information content (AvgIpc) is 2.98. The van der Waals surface area contributed by atoms with Gasteiger partial charge in [-0.3, -0.25) is 9.59 Å². The second-order valence-electron chi connectivity index (χ2n) is 5.30. The minimum Gasteiger partial charge on any atom is -0.459 e. The second-order valence-corrected chi connectivity index (χ2v) is 5.30. The van der Waals surface area contributed by atoms with Gasteiger partial charge in [0, 0.05) is 19.0 Å². The Hall–Kier alpha value is -1.78. The van der Waals surface area contributed by atoms with Crippen LogP contribution in [0.2, 0.25) is 0 Å². The highest BCUT2D eigenvalue weighted by atomic mass is 16.3. The first-order chi connectivity index (χ1) is 10.1. The van der Waals surface area contributed by atoms with Crippen LogP contribution in [0.25, 0.3) is 0 Å². The lowest BCUT2D eigenvalue weighted by Crippen LogP contribution is -2.33. The van der Waals surface area contributed by atoms with Crippen molar-refractivity contribution < 1.29 is 14.0 Å². The summed E-state index contributed by atoms with van der Waals surface area (Å²) in [4.78, 5) is 23.3. The molecule has 0 aliphatic carbocycles. The Kier molecular flexibility index (Phi) is 8.24. The van der Waals surface area contributed by atoms with Gasteiger partial charge in [-0.2, -0.15) is 0 Å². The summed E-state index contributed by atoms with van der Waals surface area (Å²) in [7, 11) is 0. The highest BCUT2D eigenvalue weighted by Gasteiger charge is 2.09. The number of unbranched alkanes of at least 4 members (excludes halogenated alkanes) is 2. The Bertz CT molecular complexity index is 415. The van der Waals surface area contributed by atoms with E-state index >= 15 is 0 Å². The third-order valence-corrected chi connectivity index (χ3v) is 3.26. The molecule has 5 nitrogen and oxygen atoms in total. The highest BCUT2D eigenvalue weighted by molar-refractivity contribution is 5.91. The van der Waals surface area contributed by atoms with Gasteiger partial charge in [0.15, 0.2) is 5.76 Å². The number of furan rings is 1. The number of hydrogen-bond acceptors (Lipinski definition) is 3. The third-order valence-electron chi connectivity index (χ3n) is 3.26. The molecular formula is C16H26N2O3. The van der Waals surface area contributed by atoms with Gasteiger partial charge in [-0.05, 0) is 31.9 Å². The van der Waals surface area contributed by atoms with E-state index in [0.717, 1.165) is 12.8 Å². The minimum absolute atomic E-state index is 0.0475. The molecule has 118 valence electrons. The van der Waals surface area contributed by atoms with E-state index in [2.05, 4.69) is 17.6 Å². The maximum absolute atomic E-state index is 11.7. The zero-order chi connectivity index (χ0) is 15.5. The number of carbonyl (C=O) groups is 2. The molecule has 1 aromatic rings. The van der Waals surface area contributed by atoms with Crippen LogP contribution in [-0.2, 0) is 4.79 Å². The van der Waals surface area contributed by atoms with E-state index in [0.29, 0.717) is 25.1 Å². The quantitative estimate of drug-likeness (QED) is 0.652. The average molecular weight is 294 g/mol. The van der Waals surface area contributed by atoms with E-state index in [4.69, 9.17) is 4.42 Å². The van der Waals surface area contributed by atoms with E-state index in [9.17, 15) is 9.59 Å². The van der Waals surface area contributed by atoms with Crippen molar-refractivity contribution in [2.24, 2.45) is 0 Å². The molecule has 0 saturated carbocycles. The summed E-state index contributed by atoms with van der Waals surface area (Å²) in [6, 6.07) is 3.50. The molecule has 1 heterocycles. The van der Waals surface area contributed by atoms with Gasteiger partial charge in [-0.25, -0.2) is 0 Å². The Morgan fingerprint density at radius 1 is 1.29 bits per heavy atom. The van der Waals surface area contributed by atoms with Crippen LogP contribution in [0, 0.1) is 0 Å². The number of rotatable bonds is 10. The van der Waals surface area contributed by atoms with Gasteiger partial charge >= 0.3 is 0 Å². The largest absolute Gasteiger partial charge is 0.459 e. The molecule has 0 spiro atoms. The standard InChI is InChI=1S/C16H26N2O3/c1-3-4-5-8-13(2)18-15(19)10-6-11-17-16(20)14-9-7-12-21-14/h7,9,12-13H,3-6,8,10-11H2,1-2H3,(H,17,20)(H,18,19). The predicted octanol–water partition coefficient (Wildman–Crippen LogP) is 2.87. The maximum Gasteiger partial charge on any atom is 0.286 e. The molecule has 0 fully saturated rings. The first-order valence-electron chi connectivity index (χ1n) is 7.74. The molecule has 1 atom stereocenters. The third kappa shape index (κ3) is 7.54. The van der Waals surface area contributed by atoms with Gasteiger partial charge < -0.3 is 15.1 Å². The highest BCUT2D eigenvalue weighted by Crippen LogP contribution is 2.03. The number of carbonyl (C=O) groups excluding carboxylic acids is 2. The fourth-order valence-electron chi connectivity index (χ4n) is 2.07. The molecule has 2 N–H and O–H groups in total. The van der Waals surface area contributed by atoms with Gasteiger partial charge in [0.1, 0.15) is 0 Å². The van der Waals surface area contributed by atoms with Crippen LogP contribution in [0.4, 0.5) is 0 Å². The summed E-state index contributed by atoms with van der Waals surface area (Å²) in [5.41, 5.74) is 0. The van der Waals surface area contributed by atoms with Crippen LogP contribution < -0.4 is 10.6 Å². The molecule has 0 aromatic carbocycles. The number of amides is 2. The Morgan fingerprint density at radius 2 is 2.10 bits per heavy atom. The normalized spacial score (nSPS) is 11.9. The molecule has 1 unspecified atom stereocenters. The van der Waals surface area contributed by atoms with E-state index in [1.807, 2.05) is 6.92 Å². The summed E-state index contributed by atoms with van der Waals surface area (Å²) in [5, 5.41) is 5.71. The van der Waals surface area contributed by atoms with Gasteiger partial charge in [0.2, 0.25) is 5.91 Å². The topological polar surface area (TPSA) is 71.3 Å². The molecule has 0 radical (unpaired) electrons. The molecule has 1 aromatic heterocycles. The van der Waals surface area contributed by atoms with Crippen LogP contribution in [-0.4, -0.2) is 24.4 Å². The van der Waals surface area contributed by atoms with Crippen molar-refractivity contribution in [1.82, 2.24) is 10.6 Å². The lowest BCUT2D eigenvalue weighted by molar-refractivity contribution is -0.121. The summed E-state index contributed by atoms with van der Waals surface area (Å²) >= 11 is 0. The summed E-state index contributed by atoms with van der Waals surface area (Å²) < 4.78 is 4.98. The number of nitrogens with one attached hydrogen (secondary N) is 2. The van der Waals surface area contributed by atoms with Gasteiger partial charge in [-0.1, -0.05) is 26.2 Å². The zero-order valence-corrected chi connectivity index (χ0v) is 13.0. The Labute approximate surface area is 126 Å². The van der Waals surface area contributed by atoms with Crippen molar-refractivity contribution in [1.29, 1.82) is 0 Å². The van der Waals surface area contributed by atoms with Gasteiger partial charge in [0.25, 0.3) is 5.91 Å². The summed E-state index contributed by atoms with van der Waals surface area (Å²) in [6.45, 7) is 4.67. The molecular weight excluding hydrogens is 268 g/mol. The smallest absolute Gasteiger partial charge is 0.286 e. The van der Waals surface area contributed by atoms with Crippen molar-refractivity contribution in [2.45, 2.75) is 58.4 Å². The van der Waals surface area contributed by atoms with Crippen molar-refractivity contribution in [3.63, 3.8) is 0 Å². The van der Waals surface area contributed by atoms with E-state index < -0.39 is 0 Å². The monoisotopic (exact) mass is 294 g/mol. The van der Waals surface area contributed by atoms with Crippen LogP contribution >= 0.6 is 0 Å². The number of hydrogen-bond donors (Lipinski definition) is 2. The first kappa shape index (κ1) is 17.3. The van der Waals surface area contributed by atoms with Crippen LogP contribution in [0.3, 0.4) is 0 Å². The van der Waals surface area contributed by atoms with Crippen LogP contribution in [0.5, 0.6) is 0 Å². The molecule has 5 heteroatoms. The van der Waals surface area contributed by atoms with Gasteiger partial charge in [-0.15, -0.1) is 0 Å². The predicted molar refractivity (Wildman–Crippen MR) is 82.0 cm³/mol. The molecule has 21 heavy (non-hydrogen) atoms. The van der Waals surface area contributed by atoms with Crippen LogP contribution in [0.1, 0.15) is 62.9 Å². The van der Waals surface area contributed by atoms with E-state index in [1.54, 1.807) is 12.1 Å². The molecule has 0 bridgehead atoms. The summed E-state index contributed by atoms with van der Waals surface area (Å²) in [5.74, 6) is 0.101. The minimum atomic E-state index is -0.242. The molecule has 0 aliphatic rings. The summed E-state index contributed by atoms with van der Waals surface area (Å²) in [6.07, 6.45) is 7.08. The first-order valence-corrected chi connectivity index (χ1v) is 7.74. The Balaban J connectivity index is 2.06. The molecule has 2 amide bonds.